The molecule has 0 aromatic rings. The van der Waals surface area contributed by atoms with Gasteiger partial charge in [0.05, 0.1) is 5.92 Å². The van der Waals surface area contributed by atoms with E-state index in [0.717, 1.165) is 32.0 Å². The van der Waals surface area contributed by atoms with E-state index in [4.69, 9.17) is 10.5 Å². The predicted molar refractivity (Wildman–Crippen MR) is 65.5 cm³/mol. The smallest absolute Gasteiger partial charge is 0.309 e. The third kappa shape index (κ3) is 1.69. The van der Waals surface area contributed by atoms with Crippen molar-refractivity contribution >= 4 is 12.3 Å². The van der Waals surface area contributed by atoms with E-state index < -0.39 is 0 Å². The van der Waals surface area contributed by atoms with Gasteiger partial charge >= 0.3 is 5.97 Å². The van der Waals surface area contributed by atoms with Crippen molar-refractivity contribution in [3.63, 3.8) is 0 Å². The lowest BCUT2D eigenvalue weighted by molar-refractivity contribution is -0.144. The molecule has 0 aromatic heterocycles. The van der Waals surface area contributed by atoms with Crippen LogP contribution in [0.25, 0.3) is 0 Å². The molecule has 1 saturated heterocycles. The van der Waals surface area contributed by atoms with Crippen LogP contribution in [0.3, 0.4) is 0 Å². The molecule has 1 heterocycles. The van der Waals surface area contributed by atoms with Gasteiger partial charge in [-0.1, -0.05) is 0 Å². The zero-order valence-corrected chi connectivity index (χ0v) is 10.7. The quantitative estimate of drug-likeness (QED) is 0.560. The number of nitrogens with two attached hydrogens (primary N) is 1. The van der Waals surface area contributed by atoms with Gasteiger partial charge in [0, 0.05) is 17.9 Å². The Balaban J connectivity index is 1.89. The molecule has 0 unspecified atom stereocenters. The minimum atomic E-state index is -0.103. The minimum absolute atomic E-state index is 0.0114. The first-order valence-corrected chi connectivity index (χ1v) is 7.03. The van der Waals surface area contributed by atoms with Crippen molar-refractivity contribution in [2.24, 2.45) is 35.3 Å². The largest absolute Gasteiger partial charge is 0.462 e. The first-order valence-electron chi connectivity index (χ1n) is 7.03. The number of ether oxygens (including phenoxy) is 1. The van der Waals surface area contributed by atoms with Crippen LogP contribution in [-0.4, -0.2) is 24.4 Å². The molecule has 3 aliphatic rings. The first-order chi connectivity index (χ1) is 8.61. The molecule has 4 nitrogen and oxygen atoms in total. The van der Waals surface area contributed by atoms with Crippen LogP contribution in [0.15, 0.2) is 0 Å². The average molecular weight is 251 g/mol. The van der Waals surface area contributed by atoms with E-state index in [9.17, 15) is 9.59 Å². The lowest BCUT2D eigenvalue weighted by atomic mass is 9.57. The van der Waals surface area contributed by atoms with Gasteiger partial charge in [-0.3, -0.25) is 4.79 Å². The molecule has 1 aliphatic heterocycles. The molecule has 3 rings (SSSR count). The molecular weight excluding hydrogens is 230 g/mol. The number of hydrogen-bond donors (Lipinski definition) is 1. The van der Waals surface area contributed by atoms with E-state index in [1.165, 1.54) is 0 Å². The van der Waals surface area contributed by atoms with Crippen molar-refractivity contribution in [3.05, 3.63) is 0 Å². The maximum absolute atomic E-state index is 11.9. The molecule has 2 saturated carbocycles. The van der Waals surface area contributed by atoms with Crippen LogP contribution < -0.4 is 5.73 Å². The van der Waals surface area contributed by atoms with E-state index in [-0.39, 0.29) is 35.9 Å². The summed E-state index contributed by atoms with van der Waals surface area (Å²) in [6.07, 6.45) is 4.83. The van der Waals surface area contributed by atoms with Gasteiger partial charge in [-0.2, -0.15) is 0 Å². The van der Waals surface area contributed by atoms with E-state index in [1.54, 1.807) is 0 Å². The Morgan fingerprint density at radius 1 is 1.33 bits per heavy atom. The molecule has 3 fully saturated rings. The summed E-state index contributed by atoms with van der Waals surface area (Å²) < 4.78 is 5.34. The van der Waals surface area contributed by atoms with Gasteiger partial charge in [0.15, 0.2) is 0 Å². The molecule has 0 amide bonds. The number of fused-ring (bicyclic) bond motifs is 2. The first kappa shape index (κ1) is 12.2. The molecule has 0 bridgehead atoms. The van der Waals surface area contributed by atoms with Crippen LogP contribution in [-0.2, 0) is 14.3 Å². The van der Waals surface area contributed by atoms with Crippen molar-refractivity contribution in [2.45, 2.75) is 44.8 Å². The fraction of sp³-hybridized carbons (Fsp3) is 0.857. The lowest BCUT2D eigenvalue weighted by Gasteiger charge is -2.45. The zero-order valence-electron chi connectivity index (χ0n) is 10.7. The summed E-state index contributed by atoms with van der Waals surface area (Å²) in [5.41, 5.74) is 6.02. The second-order valence-corrected chi connectivity index (χ2v) is 6.27. The summed E-state index contributed by atoms with van der Waals surface area (Å²) in [5, 5.41) is 0. The van der Waals surface area contributed by atoms with Crippen molar-refractivity contribution in [2.75, 3.05) is 0 Å². The van der Waals surface area contributed by atoms with Crippen LogP contribution in [0.1, 0.15) is 32.6 Å². The number of aldehydes is 1. The number of cyclic esters (lactones) is 1. The molecule has 18 heavy (non-hydrogen) atoms. The highest BCUT2D eigenvalue weighted by atomic mass is 16.6. The third-order valence-corrected chi connectivity index (χ3v) is 5.35. The van der Waals surface area contributed by atoms with Gasteiger partial charge in [0.1, 0.15) is 12.4 Å². The second-order valence-electron chi connectivity index (χ2n) is 6.27. The van der Waals surface area contributed by atoms with Gasteiger partial charge in [0.2, 0.25) is 0 Å². The zero-order chi connectivity index (χ0) is 12.9. The molecule has 0 aromatic carbocycles. The Morgan fingerprint density at radius 3 is 2.83 bits per heavy atom. The number of esters is 1. The van der Waals surface area contributed by atoms with Crippen molar-refractivity contribution in [1.29, 1.82) is 0 Å². The molecule has 2 aliphatic carbocycles. The molecule has 4 heteroatoms. The van der Waals surface area contributed by atoms with Crippen LogP contribution in [0.2, 0.25) is 0 Å². The minimum Gasteiger partial charge on any atom is -0.462 e. The number of hydrogen-bond acceptors (Lipinski definition) is 4. The normalized spacial score (nSPS) is 51.2. The van der Waals surface area contributed by atoms with Crippen molar-refractivity contribution in [3.8, 4) is 0 Å². The second kappa shape index (κ2) is 4.34. The highest BCUT2D eigenvalue weighted by Crippen LogP contribution is 2.52. The average Bonchev–Trinajstić information content (AvgIpc) is 2.62. The van der Waals surface area contributed by atoms with Crippen LogP contribution in [0.5, 0.6) is 0 Å². The van der Waals surface area contributed by atoms with Crippen molar-refractivity contribution in [1.82, 2.24) is 0 Å². The fourth-order valence-electron chi connectivity index (χ4n) is 4.57. The monoisotopic (exact) mass is 251 g/mol. The topological polar surface area (TPSA) is 69.4 Å². The van der Waals surface area contributed by atoms with Crippen molar-refractivity contribution < 1.29 is 14.3 Å². The number of carbonyl (C=O) groups is 2. The summed E-state index contributed by atoms with van der Waals surface area (Å²) in [5.74, 6) is 0.774. The molecule has 100 valence electrons. The van der Waals surface area contributed by atoms with E-state index in [1.807, 2.05) is 6.92 Å². The Morgan fingerprint density at radius 2 is 2.11 bits per heavy atom. The van der Waals surface area contributed by atoms with E-state index in [0.29, 0.717) is 11.8 Å². The highest BCUT2D eigenvalue weighted by Gasteiger charge is 2.55. The summed E-state index contributed by atoms with van der Waals surface area (Å²) >= 11 is 0. The molecule has 0 radical (unpaired) electrons. The van der Waals surface area contributed by atoms with Crippen LogP contribution in [0.4, 0.5) is 0 Å². The van der Waals surface area contributed by atoms with Crippen LogP contribution >= 0.6 is 0 Å². The van der Waals surface area contributed by atoms with Gasteiger partial charge in [0.25, 0.3) is 0 Å². The Hall–Kier alpha value is -0.900. The Kier molecular flexibility index (Phi) is 2.93. The standard InChI is InChI=1S/C14H21NO3/c1-7-13-11(14(17)18-7)5-8-4-9(15)2-3-10(8)12(13)6-16/h6-13H,2-5,15H2,1H3/t7-,8+,9-,10-,11-,12+,13-/m1/s1. The number of rotatable bonds is 1. The summed E-state index contributed by atoms with van der Waals surface area (Å²) in [6.45, 7) is 1.92. The lowest BCUT2D eigenvalue weighted by Crippen LogP contribution is -2.47. The van der Waals surface area contributed by atoms with Gasteiger partial charge in [-0.25, -0.2) is 0 Å². The van der Waals surface area contributed by atoms with Gasteiger partial charge < -0.3 is 15.3 Å². The summed E-state index contributed by atoms with van der Waals surface area (Å²) in [7, 11) is 0. The SMILES string of the molecule is C[C@H]1OC(=O)[C@@H]2C[C@@H]3C[C@H](N)CC[C@H]3[C@H](C=O)[C@H]12. The molecule has 2 N–H and O–H groups in total. The predicted octanol–water partition coefficient (Wildman–Crippen LogP) is 1.13. The summed E-state index contributed by atoms with van der Waals surface area (Å²) in [6, 6.07) is 0.241. The van der Waals surface area contributed by atoms with Crippen LogP contribution in [0, 0.1) is 29.6 Å². The summed E-state index contributed by atoms with van der Waals surface area (Å²) in [4.78, 5) is 23.4. The van der Waals surface area contributed by atoms with E-state index in [2.05, 4.69) is 0 Å². The maximum Gasteiger partial charge on any atom is 0.309 e. The Labute approximate surface area is 107 Å². The van der Waals surface area contributed by atoms with E-state index >= 15 is 0 Å². The highest BCUT2D eigenvalue weighted by molar-refractivity contribution is 5.76. The Bertz CT molecular complexity index is 370. The van der Waals surface area contributed by atoms with Gasteiger partial charge in [-0.15, -0.1) is 0 Å². The number of carbonyl (C=O) groups excluding carboxylic acids is 2. The third-order valence-electron chi connectivity index (χ3n) is 5.35. The fourth-order valence-corrected chi connectivity index (χ4v) is 4.57. The maximum atomic E-state index is 11.9. The molecule has 7 atom stereocenters. The molecular formula is C14H21NO3. The molecule has 0 spiro atoms. The van der Waals surface area contributed by atoms with Gasteiger partial charge in [-0.05, 0) is 44.4 Å².